The van der Waals surface area contributed by atoms with Crippen molar-refractivity contribution in [3.63, 3.8) is 0 Å². The maximum absolute atomic E-state index is 11.9. The summed E-state index contributed by atoms with van der Waals surface area (Å²) in [5.74, 6) is 2.51. The van der Waals surface area contributed by atoms with Gasteiger partial charge in [0.05, 0.1) is 19.7 Å². The third kappa shape index (κ3) is 4.08. The van der Waals surface area contributed by atoms with E-state index in [2.05, 4.69) is 31.1 Å². The van der Waals surface area contributed by atoms with E-state index in [0.717, 1.165) is 0 Å². The Morgan fingerprint density at radius 1 is 1.37 bits per heavy atom. The van der Waals surface area contributed by atoms with Crippen molar-refractivity contribution in [2.75, 3.05) is 13.7 Å². The highest BCUT2D eigenvalue weighted by molar-refractivity contribution is 6.83. The Morgan fingerprint density at radius 2 is 2.00 bits per heavy atom. The zero-order chi connectivity index (χ0) is 14.6. The molecular weight excluding hydrogens is 260 g/mol. The van der Waals surface area contributed by atoms with Crippen molar-refractivity contribution in [2.24, 2.45) is 5.73 Å². The first-order valence-corrected chi connectivity index (χ1v) is 9.92. The number of methoxy groups -OCH3 is 1. The Hall–Kier alpha value is -1.32. The Labute approximate surface area is 115 Å². The molecule has 0 unspecified atom stereocenters. The van der Waals surface area contributed by atoms with Gasteiger partial charge in [-0.05, 0) is 12.8 Å². The largest absolute Gasteiger partial charge is 0.467 e. The molecule has 2 N–H and O–H groups in total. The molecule has 0 radical (unpaired) electrons. The number of nitrogens with two attached hydrogens (primary N) is 1. The highest BCUT2D eigenvalue weighted by Gasteiger charge is 2.40. The summed E-state index contributed by atoms with van der Waals surface area (Å²) in [5.41, 5.74) is 8.67. The first-order valence-electron chi connectivity index (χ1n) is 6.42. The van der Waals surface area contributed by atoms with Gasteiger partial charge < -0.3 is 15.4 Å². The molecule has 0 aromatic carbocycles. The van der Waals surface area contributed by atoms with Crippen LogP contribution in [-0.2, 0) is 14.3 Å². The minimum absolute atomic E-state index is 0.112. The molecule has 0 aromatic heterocycles. The van der Waals surface area contributed by atoms with E-state index in [1.54, 1.807) is 0 Å². The van der Waals surface area contributed by atoms with Gasteiger partial charge in [-0.15, -0.1) is 5.54 Å². The SMILES string of the molecule is COC(=O)[C@@H]1CC[C@H](C#C[Si](C)(C)C)N1C(=O)CN. The molecule has 0 aliphatic carbocycles. The number of ether oxygens (including phenoxy) is 1. The van der Waals surface area contributed by atoms with Gasteiger partial charge in [-0.2, -0.15) is 0 Å². The quantitative estimate of drug-likeness (QED) is 0.451. The van der Waals surface area contributed by atoms with E-state index in [4.69, 9.17) is 10.5 Å². The van der Waals surface area contributed by atoms with Crippen LogP contribution in [0.15, 0.2) is 0 Å². The fourth-order valence-corrected chi connectivity index (χ4v) is 2.67. The molecule has 1 aliphatic rings. The van der Waals surface area contributed by atoms with Gasteiger partial charge in [0, 0.05) is 0 Å². The lowest BCUT2D eigenvalue weighted by molar-refractivity contribution is -0.151. The molecule has 1 aliphatic heterocycles. The standard InChI is InChI=1S/C13H22N2O3Si/c1-18-13(17)11-6-5-10(7-8-19(2,3)4)15(11)12(16)9-14/h10-11H,5-6,9,14H2,1-4H3/t10-,11+/m1/s1. The second kappa shape index (κ2) is 6.22. The van der Waals surface area contributed by atoms with Crippen molar-refractivity contribution in [1.29, 1.82) is 0 Å². The van der Waals surface area contributed by atoms with Crippen LogP contribution in [0.25, 0.3) is 0 Å². The van der Waals surface area contributed by atoms with Crippen LogP contribution in [0.2, 0.25) is 19.6 Å². The van der Waals surface area contributed by atoms with Gasteiger partial charge in [0.15, 0.2) is 0 Å². The van der Waals surface area contributed by atoms with E-state index in [-0.39, 0.29) is 24.5 Å². The summed E-state index contributed by atoms with van der Waals surface area (Å²) in [4.78, 5) is 25.1. The number of hydrogen-bond acceptors (Lipinski definition) is 4. The summed E-state index contributed by atoms with van der Waals surface area (Å²) in [7, 11) is -0.175. The summed E-state index contributed by atoms with van der Waals surface area (Å²) in [6, 6.07) is -0.756. The van der Waals surface area contributed by atoms with Crippen molar-refractivity contribution in [3.8, 4) is 11.5 Å². The Morgan fingerprint density at radius 3 is 2.47 bits per heavy atom. The molecule has 0 aromatic rings. The predicted octanol–water partition coefficient (Wildman–Crippen LogP) is 0.359. The van der Waals surface area contributed by atoms with Crippen molar-refractivity contribution in [1.82, 2.24) is 4.90 Å². The number of carbonyl (C=O) groups excluding carboxylic acids is 2. The molecule has 106 valence electrons. The lowest BCUT2D eigenvalue weighted by atomic mass is 10.2. The third-order valence-electron chi connectivity index (χ3n) is 2.93. The van der Waals surface area contributed by atoms with E-state index in [1.807, 2.05) is 0 Å². The van der Waals surface area contributed by atoms with Gasteiger partial charge in [0.25, 0.3) is 0 Å². The van der Waals surface area contributed by atoms with Gasteiger partial charge in [-0.3, -0.25) is 4.79 Å². The van der Waals surface area contributed by atoms with Crippen LogP contribution in [0, 0.1) is 11.5 Å². The number of likely N-dealkylation sites (tertiary alicyclic amines) is 1. The van der Waals surface area contributed by atoms with Crippen molar-refractivity contribution in [3.05, 3.63) is 0 Å². The lowest BCUT2D eigenvalue weighted by Crippen LogP contribution is -2.47. The monoisotopic (exact) mass is 282 g/mol. The molecule has 1 heterocycles. The molecule has 5 nitrogen and oxygen atoms in total. The maximum atomic E-state index is 11.9. The Kier molecular flexibility index (Phi) is 5.15. The summed E-state index contributed by atoms with van der Waals surface area (Å²) >= 11 is 0. The lowest BCUT2D eigenvalue weighted by Gasteiger charge is -2.26. The van der Waals surface area contributed by atoms with Crippen LogP contribution in [0.5, 0.6) is 0 Å². The molecular formula is C13H22N2O3Si. The van der Waals surface area contributed by atoms with Crippen molar-refractivity contribution >= 4 is 20.0 Å². The first-order chi connectivity index (χ1) is 8.80. The van der Waals surface area contributed by atoms with Gasteiger partial charge in [-0.1, -0.05) is 25.6 Å². The maximum Gasteiger partial charge on any atom is 0.328 e. The second-order valence-corrected chi connectivity index (χ2v) is 10.4. The number of hydrogen-bond donors (Lipinski definition) is 1. The summed E-state index contributed by atoms with van der Waals surface area (Å²) in [6.45, 7) is 6.31. The first kappa shape index (κ1) is 15.7. The van der Waals surface area contributed by atoms with Gasteiger partial charge >= 0.3 is 5.97 Å². The summed E-state index contributed by atoms with van der Waals surface area (Å²) in [5, 5.41) is 0. The summed E-state index contributed by atoms with van der Waals surface area (Å²) < 4.78 is 4.74. The van der Waals surface area contributed by atoms with Gasteiger partial charge in [0.2, 0.25) is 5.91 Å². The number of carbonyl (C=O) groups is 2. The average molecular weight is 282 g/mol. The van der Waals surface area contributed by atoms with E-state index in [0.29, 0.717) is 12.8 Å². The second-order valence-electron chi connectivity index (χ2n) is 5.66. The highest BCUT2D eigenvalue weighted by atomic mass is 28.3. The minimum Gasteiger partial charge on any atom is -0.467 e. The van der Waals surface area contributed by atoms with Crippen LogP contribution in [-0.4, -0.2) is 50.6 Å². The van der Waals surface area contributed by atoms with Crippen LogP contribution >= 0.6 is 0 Å². The smallest absolute Gasteiger partial charge is 0.328 e. The van der Waals surface area contributed by atoms with Crippen LogP contribution in [0.4, 0.5) is 0 Å². The molecule has 1 rings (SSSR count). The average Bonchev–Trinajstić information content (AvgIpc) is 2.77. The van der Waals surface area contributed by atoms with E-state index in [9.17, 15) is 9.59 Å². The number of amides is 1. The molecule has 1 amide bonds. The third-order valence-corrected chi connectivity index (χ3v) is 3.83. The van der Waals surface area contributed by atoms with Gasteiger partial charge in [-0.25, -0.2) is 4.79 Å². The number of rotatable bonds is 2. The van der Waals surface area contributed by atoms with Crippen molar-refractivity contribution in [2.45, 2.75) is 44.6 Å². The van der Waals surface area contributed by atoms with Crippen LogP contribution in [0.3, 0.4) is 0 Å². The minimum atomic E-state index is -1.50. The predicted molar refractivity (Wildman–Crippen MR) is 75.8 cm³/mol. The topological polar surface area (TPSA) is 72.6 Å². The van der Waals surface area contributed by atoms with E-state index < -0.39 is 14.1 Å². The Bertz CT molecular complexity index is 420. The molecule has 6 heteroatoms. The molecule has 0 spiro atoms. The van der Waals surface area contributed by atoms with Crippen LogP contribution < -0.4 is 5.73 Å². The number of nitrogens with zero attached hydrogens (tertiary/aromatic N) is 1. The molecule has 1 saturated heterocycles. The summed E-state index contributed by atoms with van der Waals surface area (Å²) in [6.07, 6.45) is 1.28. The normalized spacial score (nSPS) is 22.7. The molecule has 2 atom stereocenters. The van der Waals surface area contributed by atoms with Crippen LogP contribution in [0.1, 0.15) is 12.8 Å². The molecule has 0 saturated carbocycles. The highest BCUT2D eigenvalue weighted by Crippen LogP contribution is 2.25. The van der Waals surface area contributed by atoms with Gasteiger partial charge in [0.1, 0.15) is 14.1 Å². The number of esters is 1. The zero-order valence-corrected chi connectivity index (χ0v) is 13.0. The Balaban J connectivity index is 2.96. The zero-order valence-electron chi connectivity index (χ0n) is 12.0. The van der Waals surface area contributed by atoms with E-state index in [1.165, 1.54) is 12.0 Å². The molecule has 1 fully saturated rings. The van der Waals surface area contributed by atoms with E-state index >= 15 is 0 Å². The fraction of sp³-hybridized carbons (Fsp3) is 0.692. The van der Waals surface area contributed by atoms with Crippen molar-refractivity contribution < 1.29 is 14.3 Å². The fourth-order valence-electron chi connectivity index (χ4n) is 2.07. The molecule has 0 bridgehead atoms. The molecule has 19 heavy (non-hydrogen) atoms.